The number of rotatable bonds is 4. The molecule has 6 nitrogen and oxygen atoms in total. The highest BCUT2D eigenvalue weighted by molar-refractivity contribution is 6.32. The maximum absolute atomic E-state index is 12.6. The van der Waals surface area contributed by atoms with Crippen molar-refractivity contribution in [3.8, 4) is 5.75 Å². The molecule has 25 heavy (non-hydrogen) atoms. The number of amides is 1. The lowest BCUT2D eigenvalue weighted by Crippen LogP contribution is -2.30. The lowest BCUT2D eigenvalue weighted by Gasteiger charge is -2.11. The van der Waals surface area contributed by atoms with E-state index in [1.165, 1.54) is 11.7 Å². The molecule has 0 radical (unpaired) electrons. The summed E-state index contributed by atoms with van der Waals surface area (Å²) in [7, 11) is 1.51. The van der Waals surface area contributed by atoms with Gasteiger partial charge in [-0.1, -0.05) is 23.7 Å². The number of hydrogen-bond donors (Lipinski definition) is 1. The van der Waals surface area contributed by atoms with E-state index in [1.54, 1.807) is 30.3 Å². The molecule has 0 saturated heterocycles. The molecule has 1 heterocycles. The highest BCUT2D eigenvalue weighted by Crippen LogP contribution is 2.27. The number of fused-ring (bicyclic) bond motifs is 1. The lowest BCUT2D eigenvalue weighted by molar-refractivity contribution is 0.102. The second-order valence-corrected chi connectivity index (χ2v) is 5.71. The summed E-state index contributed by atoms with van der Waals surface area (Å²) in [6, 6.07) is 12.0. The minimum Gasteiger partial charge on any atom is -0.495 e. The van der Waals surface area contributed by atoms with Crippen LogP contribution in [0.15, 0.2) is 47.3 Å². The van der Waals surface area contributed by atoms with Crippen molar-refractivity contribution >= 4 is 34.2 Å². The van der Waals surface area contributed by atoms with E-state index >= 15 is 0 Å². The number of aryl methyl sites for hydroxylation is 1. The van der Waals surface area contributed by atoms with Crippen LogP contribution < -0.4 is 15.6 Å². The van der Waals surface area contributed by atoms with Crippen molar-refractivity contribution in [1.82, 2.24) is 9.55 Å². The van der Waals surface area contributed by atoms with E-state index in [2.05, 4.69) is 10.3 Å². The van der Waals surface area contributed by atoms with Gasteiger partial charge in [0.15, 0.2) is 5.69 Å². The van der Waals surface area contributed by atoms with Gasteiger partial charge in [0.25, 0.3) is 11.5 Å². The number of aromatic nitrogens is 2. The minimum absolute atomic E-state index is 0.160. The number of anilines is 1. The zero-order valence-corrected chi connectivity index (χ0v) is 14.5. The van der Waals surface area contributed by atoms with Crippen molar-refractivity contribution in [2.75, 3.05) is 12.4 Å². The van der Waals surface area contributed by atoms with Crippen LogP contribution in [0.1, 0.15) is 17.4 Å². The predicted molar refractivity (Wildman–Crippen MR) is 97.6 cm³/mol. The summed E-state index contributed by atoms with van der Waals surface area (Å²) in [6.07, 6.45) is 0. The zero-order valence-electron chi connectivity index (χ0n) is 13.7. The Bertz CT molecular complexity index is 1010. The predicted octanol–water partition coefficient (Wildman–Crippen LogP) is 3.33. The zero-order chi connectivity index (χ0) is 18.0. The van der Waals surface area contributed by atoms with Gasteiger partial charge in [0.05, 0.1) is 23.2 Å². The van der Waals surface area contributed by atoms with E-state index in [0.717, 1.165) is 0 Å². The monoisotopic (exact) mass is 357 g/mol. The second kappa shape index (κ2) is 6.94. The van der Waals surface area contributed by atoms with Crippen molar-refractivity contribution in [1.29, 1.82) is 0 Å². The van der Waals surface area contributed by atoms with Gasteiger partial charge in [-0.15, -0.1) is 0 Å². The van der Waals surface area contributed by atoms with Crippen LogP contribution >= 0.6 is 11.6 Å². The Morgan fingerprint density at radius 1 is 1.28 bits per heavy atom. The third-order valence-corrected chi connectivity index (χ3v) is 4.09. The molecule has 0 unspecified atom stereocenters. The van der Waals surface area contributed by atoms with Crippen LogP contribution in [0.4, 0.5) is 5.69 Å². The number of ether oxygens (including phenoxy) is 1. The second-order valence-electron chi connectivity index (χ2n) is 5.30. The van der Waals surface area contributed by atoms with Crippen LogP contribution in [0.3, 0.4) is 0 Å². The highest BCUT2D eigenvalue weighted by Gasteiger charge is 2.17. The summed E-state index contributed by atoms with van der Waals surface area (Å²) >= 11 is 6.06. The van der Waals surface area contributed by atoms with Gasteiger partial charge in [-0.05, 0) is 37.3 Å². The molecule has 0 aliphatic heterocycles. The number of halogens is 1. The van der Waals surface area contributed by atoms with Crippen molar-refractivity contribution < 1.29 is 9.53 Å². The minimum atomic E-state index is -0.584. The van der Waals surface area contributed by atoms with Gasteiger partial charge in [-0.3, -0.25) is 9.59 Å². The molecule has 3 rings (SSSR count). The number of nitrogens with one attached hydrogen (secondary N) is 1. The number of carbonyl (C=O) groups excluding carboxylic acids is 1. The van der Waals surface area contributed by atoms with Gasteiger partial charge < -0.3 is 14.6 Å². The first kappa shape index (κ1) is 17.0. The summed E-state index contributed by atoms with van der Waals surface area (Å²) in [5.41, 5.74) is 1.14. The summed E-state index contributed by atoms with van der Waals surface area (Å²) in [5, 5.41) is 3.01. The maximum Gasteiger partial charge on any atom is 0.282 e. The molecule has 1 N–H and O–H groups in total. The van der Waals surface area contributed by atoms with Crippen LogP contribution in [0, 0.1) is 0 Å². The maximum atomic E-state index is 12.6. The summed E-state index contributed by atoms with van der Waals surface area (Å²) in [4.78, 5) is 29.4. The van der Waals surface area contributed by atoms with Gasteiger partial charge in [-0.25, -0.2) is 4.98 Å². The average Bonchev–Trinajstić information content (AvgIpc) is 2.61. The fourth-order valence-electron chi connectivity index (χ4n) is 2.59. The number of carbonyl (C=O) groups is 1. The Morgan fingerprint density at radius 3 is 2.72 bits per heavy atom. The van der Waals surface area contributed by atoms with Gasteiger partial charge >= 0.3 is 0 Å². The van der Waals surface area contributed by atoms with Crippen molar-refractivity contribution in [2.24, 2.45) is 0 Å². The first-order valence-electron chi connectivity index (χ1n) is 7.69. The molecule has 1 aromatic heterocycles. The van der Waals surface area contributed by atoms with E-state index < -0.39 is 11.5 Å². The van der Waals surface area contributed by atoms with E-state index in [9.17, 15) is 9.59 Å². The number of nitrogens with zero attached hydrogens (tertiary/aromatic N) is 2. The van der Waals surface area contributed by atoms with Crippen LogP contribution in [0.5, 0.6) is 5.75 Å². The molecular formula is C18H16ClN3O3. The van der Waals surface area contributed by atoms with Crippen LogP contribution in [-0.2, 0) is 6.54 Å². The normalized spacial score (nSPS) is 10.7. The molecule has 1 amide bonds. The summed E-state index contributed by atoms with van der Waals surface area (Å²) < 4.78 is 6.60. The molecule has 128 valence electrons. The molecule has 0 atom stereocenters. The molecule has 7 heteroatoms. The van der Waals surface area contributed by atoms with E-state index in [0.29, 0.717) is 34.0 Å². The Hall–Kier alpha value is -2.86. The molecule has 0 saturated carbocycles. The lowest BCUT2D eigenvalue weighted by atomic mass is 10.2. The van der Waals surface area contributed by atoms with Crippen LogP contribution in [-0.4, -0.2) is 22.6 Å². The number of benzene rings is 2. The number of hydrogen-bond acceptors (Lipinski definition) is 4. The van der Waals surface area contributed by atoms with Gasteiger partial charge in [0, 0.05) is 12.2 Å². The average molecular weight is 358 g/mol. The molecule has 0 fully saturated rings. The molecule has 3 aromatic rings. The summed E-state index contributed by atoms with van der Waals surface area (Å²) in [6.45, 7) is 2.29. The molecule has 0 aliphatic carbocycles. The van der Waals surface area contributed by atoms with E-state index in [4.69, 9.17) is 16.3 Å². The quantitative estimate of drug-likeness (QED) is 0.777. The standard InChI is InChI=1S/C18H16ClN3O3/c1-3-22-14-7-5-4-6-13(14)21-16(18(22)24)17(23)20-11-8-9-15(25-2)12(19)10-11/h4-10H,3H2,1-2H3,(H,20,23). The van der Waals surface area contributed by atoms with E-state index in [-0.39, 0.29) is 5.69 Å². The van der Waals surface area contributed by atoms with Gasteiger partial charge in [0.2, 0.25) is 0 Å². The Kier molecular flexibility index (Phi) is 4.72. The topological polar surface area (TPSA) is 73.2 Å². The molecule has 0 bridgehead atoms. The first-order chi connectivity index (χ1) is 12.0. The van der Waals surface area contributed by atoms with Crippen molar-refractivity contribution in [3.05, 3.63) is 63.5 Å². The third kappa shape index (κ3) is 3.21. The van der Waals surface area contributed by atoms with Crippen molar-refractivity contribution in [3.63, 3.8) is 0 Å². The fourth-order valence-corrected chi connectivity index (χ4v) is 2.85. The van der Waals surface area contributed by atoms with Gasteiger partial charge in [-0.2, -0.15) is 0 Å². The first-order valence-corrected chi connectivity index (χ1v) is 8.07. The molecular weight excluding hydrogens is 342 g/mol. The molecule has 0 aliphatic rings. The largest absolute Gasteiger partial charge is 0.495 e. The van der Waals surface area contributed by atoms with Crippen LogP contribution in [0.2, 0.25) is 5.02 Å². The molecule has 0 spiro atoms. The summed E-state index contributed by atoms with van der Waals surface area (Å²) in [5.74, 6) is -0.0870. The Morgan fingerprint density at radius 2 is 2.04 bits per heavy atom. The van der Waals surface area contributed by atoms with Crippen LogP contribution in [0.25, 0.3) is 11.0 Å². The highest BCUT2D eigenvalue weighted by atomic mass is 35.5. The van der Waals surface area contributed by atoms with Gasteiger partial charge in [0.1, 0.15) is 5.75 Å². The van der Waals surface area contributed by atoms with Crippen molar-refractivity contribution in [2.45, 2.75) is 13.5 Å². The Balaban J connectivity index is 2.01. The fraction of sp³-hybridized carbons (Fsp3) is 0.167. The van der Waals surface area contributed by atoms with E-state index in [1.807, 2.05) is 19.1 Å². The SMILES string of the molecule is CCn1c(=O)c(C(=O)Nc2ccc(OC)c(Cl)c2)nc2ccccc21. The third-order valence-electron chi connectivity index (χ3n) is 3.79. The molecule has 2 aromatic carbocycles. The number of para-hydroxylation sites is 2. The Labute approximate surface area is 149 Å². The smallest absolute Gasteiger partial charge is 0.282 e. The number of methoxy groups -OCH3 is 1.